The zero-order chi connectivity index (χ0) is 19.1. The van der Waals surface area contributed by atoms with E-state index < -0.39 is 0 Å². The van der Waals surface area contributed by atoms with Crippen molar-refractivity contribution in [2.45, 2.75) is 6.54 Å². The maximum atomic E-state index is 12.0. The number of nitrogens with two attached hydrogens (primary N) is 1. The van der Waals surface area contributed by atoms with Gasteiger partial charge in [0.25, 0.3) is 0 Å². The largest absolute Gasteiger partial charge is 0.397 e. The number of benzene rings is 3. The van der Waals surface area contributed by atoms with Gasteiger partial charge in [0.1, 0.15) is 0 Å². The third-order valence-corrected chi connectivity index (χ3v) is 4.50. The third kappa shape index (κ3) is 5.72. The van der Waals surface area contributed by atoms with Crippen LogP contribution in [0.4, 0.5) is 17.1 Å². The molecule has 0 aliphatic rings. The molecule has 5 heteroatoms. The minimum atomic E-state index is -0.214. The highest BCUT2D eigenvalue weighted by Gasteiger charge is 2.01. The summed E-state index contributed by atoms with van der Waals surface area (Å²) >= 11 is 3.43. The zero-order valence-electron chi connectivity index (χ0n) is 14.7. The lowest BCUT2D eigenvalue weighted by atomic mass is 10.1. The van der Waals surface area contributed by atoms with Crippen LogP contribution in [-0.4, -0.2) is 5.91 Å². The molecule has 0 fully saturated rings. The van der Waals surface area contributed by atoms with Crippen molar-refractivity contribution in [3.8, 4) is 0 Å². The van der Waals surface area contributed by atoms with Crippen LogP contribution < -0.4 is 16.4 Å². The smallest absolute Gasteiger partial charge is 0.248 e. The fourth-order valence-corrected chi connectivity index (χ4v) is 2.74. The van der Waals surface area contributed by atoms with Gasteiger partial charge in [-0.05, 0) is 53.6 Å². The fraction of sp³-hybridized carbons (Fsp3) is 0.0455. The van der Waals surface area contributed by atoms with Crippen LogP contribution in [0.5, 0.6) is 0 Å². The first kappa shape index (κ1) is 18.7. The van der Waals surface area contributed by atoms with Crippen molar-refractivity contribution < 1.29 is 4.79 Å². The average molecular weight is 422 g/mol. The summed E-state index contributed by atoms with van der Waals surface area (Å²) in [4.78, 5) is 12.0. The molecule has 0 saturated heterocycles. The van der Waals surface area contributed by atoms with Gasteiger partial charge in [-0.25, -0.2) is 0 Å². The standard InChI is InChI=1S/C22H20BrN3O/c23-18-10-12-19(13-11-18)25-15-17-7-5-16(6-8-17)9-14-22(27)26-21-4-2-1-3-20(21)24/h1-14,25H,15,24H2,(H,26,27)/b14-9-. The minimum absolute atomic E-state index is 0.214. The van der Waals surface area contributed by atoms with E-state index in [9.17, 15) is 4.79 Å². The molecular formula is C22H20BrN3O. The fourth-order valence-electron chi connectivity index (χ4n) is 2.48. The van der Waals surface area contributed by atoms with Crippen molar-refractivity contribution in [2.24, 2.45) is 0 Å². The first-order valence-corrected chi connectivity index (χ1v) is 9.31. The minimum Gasteiger partial charge on any atom is -0.397 e. The number of para-hydroxylation sites is 2. The monoisotopic (exact) mass is 421 g/mol. The second-order valence-electron chi connectivity index (χ2n) is 6.01. The average Bonchev–Trinajstić information content (AvgIpc) is 2.68. The Morgan fingerprint density at radius 2 is 1.67 bits per heavy atom. The molecule has 3 aromatic rings. The maximum absolute atomic E-state index is 12.0. The number of amides is 1. The van der Waals surface area contributed by atoms with Crippen LogP contribution in [-0.2, 0) is 11.3 Å². The van der Waals surface area contributed by atoms with Crippen LogP contribution in [0, 0.1) is 0 Å². The molecule has 27 heavy (non-hydrogen) atoms. The predicted octanol–water partition coefficient (Wildman–Crippen LogP) is 5.30. The molecule has 0 aliphatic carbocycles. The molecule has 0 heterocycles. The Kier molecular flexibility index (Phi) is 6.28. The van der Waals surface area contributed by atoms with Crippen LogP contribution in [0.25, 0.3) is 6.08 Å². The zero-order valence-corrected chi connectivity index (χ0v) is 16.2. The molecule has 0 spiro atoms. The number of anilines is 3. The first-order valence-electron chi connectivity index (χ1n) is 8.52. The van der Waals surface area contributed by atoms with Crippen molar-refractivity contribution in [3.05, 3.63) is 94.5 Å². The summed E-state index contributed by atoms with van der Waals surface area (Å²) in [5, 5.41) is 6.15. The van der Waals surface area contributed by atoms with Gasteiger partial charge in [-0.15, -0.1) is 0 Å². The van der Waals surface area contributed by atoms with Crippen molar-refractivity contribution in [1.82, 2.24) is 0 Å². The van der Waals surface area contributed by atoms with Gasteiger partial charge in [0.15, 0.2) is 0 Å². The van der Waals surface area contributed by atoms with E-state index in [1.54, 1.807) is 18.2 Å². The SMILES string of the molecule is Nc1ccccc1NC(=O)/C=C\c1ccc(CNc2ccc(Br)cc2)cc1. The second-order valence-corrected chi connectivity index (χ2v) is 6.93. The molecule has 0 aliphatic heterocycles. The van der Waals surface area contributed by atoms with Gasteiger partial charge in [0.05, 0.1) is 11.4 Å². The Morgan fingerprint density at radius 3 is 2.37 bits per heavy atom. The van der Waals surface area contributed by atoms with Crippen molar-refractivity contribution in [2.75, 3.05) is 16.4 Å². The molecular weight excluding hydrogens is 402 g/mol. The third-order valence-electron chi connectivity index (χ3n) is 3.97. The summed E-state index contributed by atoms with van der Waals surface area (Å²) in [7, 11) is 0. The Balaban J connectivity index is 1.53. The van der Waals surface area contributed by atoms with Gasteiger partial charge >= 0.3 is 0 Å². The van der Waals surface area contributed by atoms with Gasteiger partial charge in [-0.3, -0.25) is 4.79 Å². The van der Waals surface area contributed by atoms with E-state index in [1.165, 1.54) is 6.08 Å². The molecule has 1 amide bonds. The van der Waals surface area contributed by atoms with E-state index in [2.05, 4.69) is 26.6 Å². The Labute approximate surface area is 167 Å². The molecule has 0 unspecified atom stereocenters. The van der Waals surface area contributed by atoms with E-state index in [4.69, 9.17) is 5.73 Å². The summed E-state index contributed by atoms with van der Waals surface area (Å²) in [5.74, 6) is -0.214. The Bertz CT molecular complexity index is 935. The quantitative estimate of drug-likeness (QED) is 0.373. The number of rotatable bonds is 6. The van der Waals surface area contributed by atoms with Gasteiger partial charge < -0.3 is 16.4 Å². The molecule has 3 aromatic carbocycles. The van der Waals surface area contributed by atoms with Crippen LogP contribution in [0.1, 0.15) is 11.1 Å². The molecule has 4 N–H and O–H groups in total. The van der Waals surface area contributed by atoms with Crippen LogP contribution in [0.3, 0.4) is 0 Å². The number of hydrogen-bond acceptors (Lipinski definition) is 3. The number of nitrogens with one attached hydrogen (secondary N) is 2. The Morgan fingerprint density at radius 1 is 0.963 bits per heavy atom. The van der Waals surface area contributed by atoms with Crippen molar-refractivity contribution in [1.29, 1.82) is 0 Å². The molecule has 0 bridgehead atoms. The van der Waals surface area contributed by atoms with Gasteiger partial charge in [-0.2, -0.15) is 0 Å². The van der Waals surface area contributed by atoms with E-state index in [0.29, 0.717) is 11.4 Å². The molecule has 0 atom stereocenters. The first-order chi connectivity index (χ1) is 13.1. The summed E-state index contributed by atoms with van der Waals surface area (Å²) < 4.78 is 1.06. The molecule has 0 radical (unpaired) electrons. The number of carbonyl (C=O) groups excluding carboxylic acids is 1. The topological polar surface area (TPSA) is 67.1 Å². The Hall–Kier alpha value is -3.05. The van der Waals surface area contributed by atoms with E-state index in [1.807, 2.05) is 60.7 Å². The van der Waals surface area contributed by atoms with E-state index >= 15 is 0 Å². The lowest BCUT2D eigenvalue weighted by Crippen LogP contribution is -2.09. The molecule has 3 rings (SSSR count). The lowest BCUT2D eigenvalue weighted by molar-refractivity contribution is -0.111. The second kappa shape index (κ2) is 9.05. The predicted molar refractivity (Wildman–Crippen MR) is 116 cm³/mol. The van der Waals surface area contributed by atoms with Crippen LogP contribution in [0.15, 0.2) is 83.3 Å². The number of halogens is 1. The molecule has 4 nitrogen and oxygen atoms in total. The van der Waals surface area contributed by atoms with Crippen molar-refractivity contribution >= 4 is 45.0 Å². The number of nitrogen functional groups attached to an aromatic ring is 1. The number of carbonyl (C=O) groups is 1. The molecule has 0 saturated carbocycles. The maximum Gasteiger partial charge on any atom is 0.248 e. The van der Waals surface area contributed by atoms with Crippen LogP contribution in [0.2, 0.25) is 0 Å². The highest BCUT2D eigenvalue weighted by molar-refractivity contribution is 9.10. The van der Waals surface area contributed by atoms with E-state index in [-0.39, 0.29) is 5.91 Å². The van der Waals surface area contributed by atoms with Gasteiger partial charge in [-0.1, -0.05) is 52.3 Å². The highest BCUT2D eigenvalue weighted by Crippen LogP contribution is 2.17. The highest BCUT2D eigenvalue weighted by atomic mass is 79.9. The summed E-state index contributed by atoms with van der Waals surface area (Å²) in [6.45, 7) is 0.736. The lowest BCUT2D eigenvalue weighted by Gasteiger charge is -2.07. The van der Waals surface area contributed by atoms with Gasteiger partial charge in [0.2, 0.25) is 5.91 Å². The van der Waals surface area contributed by atoms with Crippen LogP contribution >= 0.6 is 15.9 Å². The van der Waals surface area contributed by atoms with Gasteiger partial charge in [0, 0.05) is 22.8 Å². The normalized spacial score (nSPS) is 10.7. The molecule has 0 aromatic heterocycles. The van der Waals surface area contributed by atoms with Crippen molar-refractivity contribution in [3.63, 3.8) is 0 Å². The summed E-state index contributed by atoms with van der Waals surface area (Å²) in [6, 6.07) is 23.3. The van der Waals surface area contributed by atoms with E-state index in [0.717, 1.165) is 27.8 Å². The number of hydrogen-bond donors (Lipinski definition) is 3. The molecule has 136 valence electrons. The summed E-state index contributed by atoms with van der Waals surface area (Å²) in [6.07, 6.45) is 3.28. The summed E-state index contributed by atoms with van der Waals surface area (Å²) in [5.41, 5.74) is 10.2.